The molecule has 0 radical (unpaired) electrons. The number of hydrogen-bond acceptors (Lipinski definition) is 3. The summed E-state index contributed by atoms with van der Waals surface area (Å²) in [6.07, 6.45) is 6.25. The molecule has 2 rings (SSSR count). The number of furan rings is 1. The average Bonchev–Trinajstić information content (AvgIpc) is 2.84. The van der Waals surface area contributed by atoms with Crippen LogP contribution < -0.4 is 0 Å². The molecule has 0 fully saturated rings. The van der Waals surface area contributed by atoms with E-state index in [9.17, 15) is 4.79 Å². The van der Waals surface area contributed by atoms with Crippen LogP contribution in [0.15, 0.2) is 29.1 Å². The first kappa shape index (κ1) is 10.7. The minimum atomic E-state index is 0.0971. The Morgan fingerprint density at radius 3 is 2.94 bits per heavy atom. The molecule has 0 saturated heterocycles. The van der Waals surface area contributed by atoms with Gasteiger partial charge >= 0.3 is 0 Å². The van der Waals surface area contributed by atoms with Gasteiger partial charge in [-0.25, -0.2) is 4.98 Å². The number of imidazole rings is 1. The summed E-state index contributed by atoms with van der Waals surface area (Å²) in [7, 11) is 1.93. The highest BCUT2D eigenvalue weighted by molar-refractivity contribution is 5.95. The lowest BCUT2D eigenvalue weighted by molar-refractivity contribution is 0.0981. The number of carbonyl (C=O) groups excluding carboxylic acids is 1. The molecule has 4 nitrogen and oxygen atoms in total. The minimum Gasteiger partial charge on any atom is -0.469 e. The van der Waals surface area contributed by atoms with Crippen LogP contribution in [0, 0.1) is 6.92 Å². The monoisotopic (exact) mass is 218 g/mol. The number of carbonyl (C=O) groups is 1. The molecule has 2 aromatic rings. The van der Waals surface area contributed by atoms with Crippen molar-refractivity contribution in [1.82, 2.24) is 9.55 Å². The first-order valence-electron chi connectivity index (χ1n) is 5.21. The van der Waals surface area contributed by atoms with E-state index in [1.165, 1.54) is 6.26 Å². The molecule has 0 aromatic carbocycles. The highest BCUT2D eigenvalue weighted by Gasteiger charge is 2.10. The third-order valence-electron chi connectivity index (χ3n) is 2.55. The summed E-state index contributed by atoms with van der Waals surface area (Å²) >= 11 is 0. The zero-order valence-corrected chi connectivity index (χ0v) is 9.43. The number of hydrogen-bond donors (Lipinski definition) is 0. The summed E-state index contributed by atoms with van der Waals surface area (Å²) in [5, 5.41) is 0. The molecule has 0 bridgehead atoms. The lowest BCUT2D eigenvalue weighted by Gasteiger charge is -1.99. The first-order valence-corrected chi connectivity index (χ1v) is 5.21. The van der Waals surface area contributed by atoms with E-state index in [1.54, 1.807) is 12.3 Å². The van der Waals surface area contributed by atoms with Gasteiger partial charge in [0, 0.05) is 32.3 Å². The first-order chi connectivity index (χ1) is 7.66. The van der Waals surface area contributed by atoms with Crippen molar-refractivity contribution in [2.75, 3.05) is 0 Å². The highest BCUT2D eigenvalue weighted by Crippen LogP contribution is 2.10. The summed E-state index contributed by atoms with van der Waals surface area (Å²) in [4.78, 5) is 15.9. The normalized spacial score (nSPS) is 10.6. The largest absolute Gasteiger partial charge is 0.469 e. The zero-order chi connectivity index (χ0) is 11.5. The minimum absolute atomic E-state index is 0.0971. The lowest BCUT2D eigenvalue weighted by Crippen LogP contribution is -2.03. The fourth-order valence-electron chi connectivity index (χ4n) is 1.60. The Bertz CT molecular complexity index is 497. The summed E-state index contributed by atoms with van der Waals surface area (Å²) in [6.45, 7) is 1.83. The van der Waals surface area contributed by atoms with Gasteiger partial charge in [0.05, 0.1) is 5.56 Å². The van der Waals surface area contributed by atoms with Gasteiger partial charge in [0.1, 0.15) is 17.8 Å². The van der Waals surface area contributed by atoms with Crippen LogP contribution in [0.1, 0.15) is 28.4 Å². The third kappa shape index (κ3) is 2.21. The van der Waals surface area contributed by atoms with Gasteiger partial charge in [0.15, 0.2) is 5.78 Å². The van der Waals surface area contributed by atoms with Crippen LogP contribution in [0.25, 0.3) is 0 Å². The standard InChI is InChI=1S/C12H14N2O2/c1-9-7-10(8-16-9)11(15)3-4-12-13-5-6-14(12)2/h5-8H,3-4H2,1-2H3. The van der Waals surface area contributed by atoms with E-state index in [-0.39, 0.29) is 5.78 Å². The molecule has 0 atom stereocenters. The third-order valence-corrected chi connectivity index (χ3v) is 2.55. The SMILES string of the molecule is Cc1cc(C(=O)CCc2nccn2C)co1. The van der Waals surface area contributed by atoms with Crippen molar-refractivity contribution < 1.29 is 9.21 Å². The lowest BCUT2D eigenvalue weighted by atomic mass is 10.1. The summed E-state index contributed by atoms with van der Waals surface area (Å²) in [6, 6.07) is 1.76. The van der Waals surface area contributed by atoms with Crippen molar-refractivity contribution in [3.63, 3.8) is 0 Å². The summed E-state index contributed by atoms with van der Waals surface area (Å²) in [5.41, 5.74) is 0.645. The molecule has 2 aromatic heterocycles. The van der Waals surface area contributed by atoms with Crippen molar-refractivity contribution in [1.29, 1.82) is 0 Å². The van der Waals surface area contributed by atoms with Gasteiger partial charge in [0.2, 0.25) is 0 Å². The van der Waals surface area contributed by atoms with Gasteiger partial charge in [-0.15, -0.1) is 0 Å². The van der Waals surface area contributed by atoms with Crippen LogP contribution in [0.5, 0.6) is 0 Å². The Morgan fingerprint density at radius 2 is 2.38 bits per heavy atom. The molecule has 0 amide bonds. The second-order valence-electron chi connectivity index (χ2n) is 3.82. The smallest absolute Gasteiger partial charge is 0.166 e. The van der Waals surface area contributed by atoms with E-state index in [2.05, 4.69) is 4.98 Å². The van der Waals surface area contributed by atoms with Crippen LogP contribution >= 0.6 is 0 Å². The van der Waals surface area contributed by atoms with Gasteiger partial charge in [-0.1, -0.05) is 0 Å². The van der Waals surface area contributed by atoms with Crippen LogP contribution in [0.4, 0.5) is 0 Å². The zero-order valence-electron chi connectivity index (χ0n) is 9.43. The molecule has 0 saturated carbocycles. The number of Topliss-reactive ketones (excluding diaryl/α,β-unsaturated/α-hetero) is 1. The maximum absolute atomic E-state index is 11.8. The highest BCUT2D eigenvalue weighted by atomic mass is 16.3. The second kappa shape index (κ2) is 4.35. The molecular weight excluding hydrogens is 204 g/mol. The van der Waals surface area contributed by atoms with E-state index < -0.39 is 0 Å². The Morgan fingerprint density at radius 1 is 1.56 bits per heavy atom. The molecule has 0 aliphatic rings. The molecule has 4 heteroatoms. The maximum atomic E-state index is 11.8. The molecule has 0 aliphatic heterocycles. The number of rotatable bonds is 4. The Labute approximate surface area is 93.9 Å². The number of ketones is 1. The fraction of sp³-hybridized carbons (Fsp3) is 0.333. The summed E-state index contributed by atoms with van der Waals surface area (Å²) in [5.74, 6) is 1.79. The molecule has 0 spiro atoms. The van der Waals surface area contributed by atoms with E-state index >= 15 is 0 Å². The molecule has 2 heterocycles. The quantitative estimate of drug-likeness (QED) is 0.739. The number of aromatic nitrogens is 2. The van der Waals surface area contributed by atoms with E-state index in [0.29, 0.717) is 18.4 Å². The van der Waals surface area contributed by atoms with Gasteiger partial charge in [-0.2, -0.15) is 0 Å². The Balaban J connectivity index is 1.96. The van der Waals surface area contributed by atoms with Crippen LogP contribution in [0.3, 0.4) is 0 Å². The van der Waals surface area contributed by atoms with Crippen LogP contribution in [0.2, 0.25) is 0 Å². The van der Waals surface area contributed by atoms with E-state index in [1.807, 2.05) is 24.7 Å². The van der Waals surface area contributed by atoms with Crippen molar-refractivity contribution in [3.8, 4) is 0 Å². The Kier molecular flexibility index (Phi) is 2.90. The molecule has 0 aliphatic carbocycles. The predicted octanol–water partition coefficient (Wildman–Crippen LogP) is 2.14. The molecule has 0 N–H and O–H groups in total. The Hall–Kier alpha value is -1.84. The average molecular weight is 218 g/mol. The summed E-state index contributed by atoms with van der Waals surface area (Å²) < 4.78 is 7.03. The molecule has 0 unspecified atom stereocenters. The van der Waals surface area contributed by atoms with Crippen molar-refractivity contribution in [3.05, 3.63) is 41.9 Å². The fourth-order valence-corrected chi connectivity index (χ4v) is 1.60. The van der Waals surface area contributed by atoms with Crippen molar-refractivity contribution in [2.45, 2.75) is 19.8 Å². The van der Waals surface area contributed by atoms with Crippen LogP contribution in [-0.2, 0) is 13.5 Å². The van der Waals surface area contributed by atoms with E-state index in [0.717, 1.165) is 11.6 Å². The van der Waals surface area contributed by atoms with Gasteiger partial charge in [0.25, 0.3) is 0 Å². The van der Waals surface area contributed by atoms with E-state index in [4.69, 9.17) is 4.42 Å². The van der Waals surface area contributed by atoms with Crippen molar-refractivity contribution >= 4 is 5.78 Å². The topological polar surface area (TPSA) is 48.0 Å². The number of nitrogens with zero attached hydrogens (tertiary/aromatic N) is 2. The second-order valence-corrected chi connectivity index (χ2v) is 3.82. The molecular formula is C12H14N2O2. The van der Waals surface area contributed by atoms with Gasteiger partial charge in [-0.05, 0) is 13.0 Å². The predicted molar refractivity (Wildman–Crippen MR) is 59.3 cm³/mol. The maximum Gasteiger partial charge on any atom is 0.166 e. The number of aryl methyl sites for hydroxylation is 3. The van der Waals surface area contributed by atoms with Crippen LogP contribution in [-0.4, -0.2) is 15.3 Å². The molecule has 16 heavy (non-hydrogen) atoms. The van der Waals surface area contributed by atoms with Gasteiger partial charge in [-0.3, -0.25) is 4.79 Å². The van der Waals surface area contributed by atoms with Gasteiger partial charge < -0.3 is 8.98 Å². The molecule has 84 valence electrons. The van der Waals surface area contributed by atoms with Crippen molar-refractivity contribution in [2.24, 2.45) is 7.05 Å².